The Balaban J connectivity index is 1.86. The molecular weight excluding hydrogens is 224 g/mol. The van der Waals surface area contributed by atoms with Crippen LogP contribution in [0, 0.1) is 6.92 Å². The molecule has 1 atom stereocenters. The van der Waals surface area contributed by atoms with Crippen molar-refractivity contribution in [1.29, 1.82) is 0 Å². The largest absolute Gasteiger partial charge is 0.463 e. The van der Waals surface area contributed by atoms with Gasteiger partial charge in [-0.1, -0.05) is 30.7 Å². The van der Waals surface area contributed by atoms with E-state index in [2.05, 4.69) is 12.1 Å². The molecule has 1 heterocycles. The molecule has 2 aromatic rings. The normalized spacial score (nSPS) is 17.4. The van der Waals surface area contributed by atoms with E-state index < -0.39 is 6.10 Å². The van der Waals surface area contributed by atoms with Crippen molar-refractivity contribution in [3.8, 4) is 0 Å². The zero-order valence-corrected chi connectivity index (χ0v) is 10.6. The van der Waals surface area contributed by atoms with Crippen LogP contribution in [0.2, 0.25) is 0 Å². The van der Waals surface area contributed by atoms with Crippen molar-refractivity contribution in [3.05, 3.63) is 59.0 Å². The minimum absolute atomic E-state index is 0.623. The average molecular weight is 242 g/mol. The summed E-state index contributed by atoms with van der Waals surface area (Å²) in [4.78, 5) is 0. The lowest BCUT2D eigenvalue weighted by atomic mass is 9.79. The molecule has 1 aliphatic carbocycles. The van der Waals surface area contributed by atoms with Gasteiger partial charge in [0.1, 0.15) is 17.6 Å². The van der Waals surface area contributed by atoms with Crippen LogP contribution in [0.5, 0.6) is 0 Å². The van der Waals surface area contributed by atoms with Gasteiger partial charge in [0.2, 0.25) is 0 Å². The predicted molar refractivity (Wildman–Crippen MR) is 70.5 cm³/mol. The highest BCUT2D eigenvalue weighted by Gasteiger charge is 2.21. The van der Waals surface area contributed by atoms with E-state index in [0.29, 0.717) is 11.7 Å². The summed E-state index contributed by atoms with van der Waals surface area (Å²) in [5.41, 5.74) is 2.27. The SMILES string of the molecule is Cc1ccc(C(O)c2cccc(C3CCC3)c2)o1. The predicted octanol–water partition coefficient (Wildman–Crippen LogP) is 3.94. The second kappa shape index (κ2) is 4.62. The molecule has 2 nitrogen and oxygen atoms in total. The molecule has 3 rings (SSSR count). The monoisotopic (exact) mass is 242 g/mol. The Bertz CT molecular complexity index is 538. The van der Waals surface area contributed by atoms with Crippen LogP contribution in [-0.2, 0) is 0 Å². The van der Waals surface area contributed by atoms with E-state index in [1.165, 1.54) is 24.8 Å². The molecule has 18 heavy (non-hydrogen) atoms. The van der Waals surface area contributed by atoms with E-state index in [4.69, 9.17) is 4.42 Å². The maximum absolute atomic E-state index is 10.3. The number of hydrogen-bond acceptors (Lipinski definition) is 2. The first-order valence-electron chi connectivity index (χ1n) is 6.58. The highest BCUT2D eigenvalue weighted by molar-refractivity contribution is 5.32. The fourth-order valence-electron chi connectivity index (χ4n) is 2.49. The van der Waals surface area contributed by atoms with E-state index >= 15 is 0 Å². The first-order chi connectivity index (χ1) is 8.74. The molecular formula is C16H18O2. The summed E-state index contributed by atoms with van der Waals surface area (Å²) in [7, 11) is 0. The van der Waals surface area contributed by atoms with E-state index in [1.54, 1.807) is 0 Å². The van der Waals surface area contributed by atoms with E-state index in [1.807, 2.05) is 31.2 Å². The van der Waals surface area contributed by atoms with Crippen LogP contribution in [0.15, 0.2) is 40.8 Å². The molecule has 0 bridgehead atoms. The van der Waals surface area contributed by atoms with Gasteiger partial charge in [0.25, 0.3) is 0 Å². The van der Waals surface area contributed by atoms with Crippen molar-refractivity contribution in [1.82, 2.24) is 0 Å². The van der Waals surface area contributed by atoms with Gasteiger partial charge in [-0.3, -0.25) is 0 Å². The van der Waals surface area contributed by atoms with Gasteiger partial charge >= 0.3 is 0 Å². The molecule has 1 aromatic carbocycles. The minimum Gasteiger partial charge on any atom is -0.463 e. The van der Waals surface area contributed by atoms with Gasteiger partial charge in [0.05, 0.1) is 0 Å². The van der Waals surface area contributed by atoms with Gasteiger partial charge in [-0.2, -0.15) is 0 Å². The van der Waals surface area contributed by atoms with Crippen LogP contribution in [0.25, 0.3) is 0 Å². The topological polar surface area (TPSA) is 33.4 Å². The van der Waals surface area contributed by atoms with Gasteiger partial charge in [-0.15, -0.1) is 0 Å². The highest BCUT2D eigenvalue weighted by atomic mass is 16.4. The minimum atomic E-state index is -0.654. The maximum Gasteiger partial charge on any atom is 0.137 e. The maximum atomic E-state index is 10.3. The van der Waals surface area contributed by atoms with E-state index in [0.717, 1.165) is 11.3 Å². The lowest BCUT2D eigenvalue weighted by Crippen LogP contribution is -2.09. The first-order valence-corrected chi connectivity index (χ1v) is 6.58. The smallest absolute Gasteiger partial charge is 0.137 e. The molecule has 2 heteroatoms. The van der Waals surface area contributed by atoms with Crippen molar-refractivity contribution in [3.63, 3.8) is 0 Å². The Morgan fingerprint density at radius 3 is 2.67 bits per heavy atom. The quantitative estimate of drug-likeness (QED) is 0.884. The molecule has 94 valence electrons. The zero-order chi connectivity index (χ0) is 12.5. The fourth-order valence-corrected chi connectivity index (χ4v) is 2.49. The van der Waals surface area contributed by atoms with Crippen molar-refractivity contribution in [2.75, 3.05) is 0 Å². The van der Waals surface area contributed by atoms with Crippen molar-refractivity contribution >= 4 is 0 Å². The summed E-state index contributed by atoms with van der Waals surface area (Å²) in [5.74, 6) is 2.15. The fraction of sp³-hybridized carbons (Fsp3) is 0.375. The molecule has 1 fully saturated rings. The molecule has 0 saturated heterocycles. The molecule has 0 amide bonds. The molecule has 0 radical (unpaired) electrons. The van der Waals surface area contributed by atoms with Crippen LogP contribution in [-0.4, -0.2) is 5.11 Å². The van der Waals surface area contributed by atoms with Crippen LogP contribution < -0.4 is 0 Å². The number of aliphatic hydroxyl groups is 1. The molecule has 1 aliphatic rings. The molecule has 0 aliphatic heterocycles. The summed E-state index contributed by atoms with van der Waals surface area (Å²) >= 11 is 0. The number of furan rings is 1. The summed E-state index contributed by atoms with van der Waals surface area (Å²) in [6, 6.07) is 12.0. The van der Waals surface area contributed by atoms with Crippen LogP contribution in [0.4, 0.5) is 0 Å². The third kappa shape index (κ3) is 2.08. The third-order valence-electron chi connectivity index (χ3n) is 3.83. The van der Waals surface area contributed by atoms with E-state index in [-0.39, 0.29) is 0 Å². The standard InChI is InChI=1S/C16H18O2/c1-11-8-9-15(18-11)16(17)14-7-3-6-13(10-14)12-4-2-5-12/h3,6-10,12,16-17H,2,4-5H2,1H3. The second-order valence-electron chi connectivity index (χ2n) is 5.15. The van der Waals surface area contributed by atoms with E-state index in [9.17, 15) is 5.11 Å². The van der Waals surface area contributed by atoms with Gasteiger partial charge in [0, 0.05) is 0 Å². The number of aryl methyl sites for hydroxylation is 1. The summed E-state index contributed by atoms with van der Waals surface area (Å²) in [5, 5.41) is 10.3. The molecule has 1 aromatic heterocycles. The first kappa shape index (κ1) is 11.5. The van der Waals surface area contributed by atoms with Crippen LogP contribution >= 0.6 is 0 Å². The number of aliphatic hydroxyl groups excluding tert-OH is 1. The third-order valence-corrected chi connectivity index (χ3v) is 3.83. The van der Waals surface area contributed by atoms with Crippen LogP contribution in [0.1, 0.15) is 53.9 Å². The Morgan fingerprint density at radius 1 is 1.22 bits per heavy atom. The van der Waals surface area contributed by atoms with Gasteiger partial charge in [-0.05, 0) is 48.9 Å². The highest BCUT2D eigenvalue weighted by Crippen LogP contribution is 2.37. The van der Waals surface area contributed by atoms with Gasteiger partial charge in [-0.25, -0.2) is 0 Å². The number of rotatable bonds is 3. The second-order valence-corrected chi connectivity index (χ2v) is 5.15. The van der Waals surface area contributed by atoms with Gasteiger partial charge < -0.3 is 9.52 Å². The lowest BCUT2D eigenvalue weighted by molar-refractivity contribution is 0.187. The van der Waals surface area contributed by atoms with Crippen molar-refractivity contribution in [2.45, 2.75) is 38.2 Å². The molecule has 1 unspecified atom stereocenters. The summed E-state index contributed by atoms with van der Waals surface area (Å²) < 4.78 is 5.49. The van der Waals surface area contributed by atoms with Crippen LogP contribution in [0.3, 0.4) is 0 Å². The molecule has 1 saturated carbocycles. The molecule has 1 N–H and O–H groups in total. The Hall–Kier alpha value is -1.54. The summed E-state index contributed by atoms with van der Waals surface area (Å²) in [6.45, 7) is 1.89. The number of benzene rings is 1. The average Bonchev–Trinajstić information content (AvgIpc) is 2.73. The Morgan fingerprint density at radius 2 is 2.06 bits per heavy atom. The molecule has 0 spiro atoms. The zero-order valence-electron chi connectivity index (χ0n) is 10.6. The van der Waals surface area contributed by atoms with Gasteiger partial charge in [0.15, 0.2) is 0 Å². The number of hydrogen-bond donors (Lipinski definition) is 1. The summed E-state index contributed by atoms with van der Waals surface area (Å²) in [6.07, 6.45) is 3.23. The Kier molecular flexibility index (Phi) is 2.96. The lowest BCUT2D eigenvalue weighted by Gasteiger charge is -2.26. The van der Waals surface area contributed by atoms with Crippen molar-refractivity contribution in [2.24, 2.45) is 0 Å². The van der Waals surface area contributed by atoms with Crippen molar-refractivity contribution < 1.29 is 9.52 Å². The Labute approximate surface area is 107 Å².